The van der Waals surface area contributed by atoms with Gasteiger partial charge in [0.2, 0.25) is 5.95 Å². The van der Waals surface area contributed by atoms with Crippen LogP contribution in [-0.4, -0.2) is 21.0 Å². The second-order valence-electron chi connectivity index (χ2n) is 7.52. The summed E-state index contributed by atoms with van der Waals surface area (Å²) in [6, 6.07) is 14.7. The van der Waals surface area contributed by atoms with E-state index in [1.54, 1.807) is 36.5 Å². The van der Waals surface area contributed by atoms with E-state index in [1.807, 2.05) is 0 Å². The zero-order valence-corrected chi connectivity index (χ0v) is 17.1. The van der Waals surface area contributed by atoms with E-state index in [4.69, 9.17) is 5.11 Å². The molecular weight excluding hydrogens is 364 g/mol. The number of carbonyl (C=O) groups is 1. The van der Waals surface area contributed by atoms with Gasteiger partial charge < -0.3 is 15.7 Å². The molecule has 1 heterocycles. The van der Waals surface area contributed by atoms with Crippen LogP contribution >= 0.6 is 0 Å². The fraction of sp³-hybridized carbons (Fsp3) is 0.261. The van der Waals surface area contributed by atoms with Crippen LogP contribution < -0.4 is 10.6 Å². The predicted octanol–water partition coefficient (Wildman–Crippen LogP) is 5.91. The molecule has 3 N–H and O–H groups in total. The molecule has 150 valence electrons. The van der Waals surface area contributed by atoms with Gasteiger partial charge in [0.15, 0.2) is 0 Å². The maximum Gasteiger partial charge on any atom is 0.335 e. The van der Waals surface area contributed by atoms with Crippen molar-refractivity contribution >= 4 is 29.1 Å². The number of hydrogen-bond donors (Lipinski definition) is 3. The van der Waals surface area contributed by atoms with E-state index in [9.17, 15) is 4.79 Å². The first-order valence-corrected chi connectivity index (χ1v) is 9.68. The summed E-state index contributed by atoms with van der Waals surface area (Å²) in [6.45, 7) is 8.68. The van der Waals surface area contributed by atoms with Gasteiger partial charge in [0, 0.05) is 17.6 Å². The van der Waals surface area contributed by atoms with Crippen molar-refractivity contribution in [2.24, 2.45) is 0 Å². The predicted molar refractivity (Wildman–Crippen MR) is 117 cm³/mol. The summed E-state index contributed by atoms with van der Waals surface area (Å²) in [5, 5.41) is 15.6. The number of rotatable bonds is 7. The van der Waals surface area contributed by atoms with Crippen molar-refractivity contribution in [3.05, 3.63) is 71.4 Å². The molecule has 0 fully saturated rings. The molecule has 0 unspecified atom stereocenters. The maximum atomic E-state index is 11.0. The third-order valence-electron chi connectivity index (χ3n) is 4.67. The standard InChI is InChI=1S/C23H26N4O2/c1-14(2)18-6-5-7-19(15(3)4)21(18)27-23-24-13-12-20(26-23)25-17-10-8-16(9-11-17)22(28)29/h5-15H,1-4H3,(H,28,29)(H2,24,25,26,27). The van der Waals surface area contributed by atoms with Crippen molar-refractivity contribution in [1.82, 2.24) is 9.97 Å². The van der Waals surface area contributed by atoms with E-state index < -0.39 is 5.97 Å². The zero-order chi connectivity index (χ0) is 21.0. The maximum absolute atomic E-state index is 11.0. The highest BCUT2D eigenvalue weighted by Crippen LogP contribution is 2.34. The summed E-state index contributed by atoms with van der Waals surface area (Å²) in [4.78, 5) is 19.9. The van der Waals surface area contributed by atoms with E-state index in [-0.39, 0.29) is 5.56 Å². The molecule has 29 heavy (non-hydrogen) atoms. The lowest BCUT2D eigenvalue weighted by Gasteiger charge is -2.20. The summed E-state index contributed by atoms with van der Waals surface area (Å²) in [6.07, 6.45) is 1.69. The SMILES string of the molecule is CC(C)c1cccc(C(C)C)c1Nc1nccc(Nc2ccc(C(=O)O)cc2)n1. The summed E-state index contributed by atoms with van der Waals surface area (Å²) >= 11 is 0. The van der Waals surface area contributed by atoms with E-state index >= 15 is 0 Å². The van der Waals surface area contributed by atoms with Crippen molar-refractivity contribution in [2.45, 2.75) is 39.5 Å². The molecule has 2 aromatic carbocycles. The minimum Gasteiger partial charge on any atom is -0.478 e. The Morgan fingerprint density at radius 1 is 0.897 bits per heavy atom. The van der Waals surface area contributed by atoms with Crippen LogP contribution in [0.4, 0.5) is 23.1 Å². The van der Waals surface area contributed by atoms with Crippen LogP contribution in [0.5, 0.6) is 0 Å². The molecule has 0 amide bonds. The number of aromatic carboxylic acids is 1. The van der Waals surface area contributed by atoms with Crippen LogP contribution in [0.2, 0.25) is 0 Å². The van der Waals surface area contributed by atoms with Crippen LogP contribution in [0.1, 0.15) is 61.0 Å². The average molecular weight is 390 g/mol. The van der Waals surface area contributed by atoms with Gasteiger partial charge in [-0.2, -0.15) is 4.98 Å². The van der Waals surface area contributed by atoms with Crippen LogP contribution in [0.25, 0.3) is 0 Å². The lowest BCUT2D eigenvalue weighted by molar-refractivity contribution is 0.0697. The summed E-state index contributed by atoms with van der Waals surface area (Å²) in [7, 11) is 0. The number of hydrogen-bond acceptors (Lipinski definition) is 5. The van der Waals surface area contributed by atoms with Gasteiger partial charge >= 0.3 is 5.97 Å². The normalized spacial score (nSPS) is 11.0. The van der Waals surface area contributed by atoms with E-state index in [0.29, 0.717) is 23.6 Å². The van der Waals surface area contributed by atoms with Gasteiger partial charge in [-0.1, -0.05) is 45.9 Å². The van der Waals surface area contributed by atoms with E-state index in [2.05, 4.69) is 66.5 Å². The Hall–Kier alpha value is -3.41. The molecule has 0 bridgehead atoms. The largest absolute Gasteiger partial charge is 0.478 e. The van der Waals surface area contributed by atoms with Gasteiger partial charge in [-0.05, 0) is 53.3 Å². The molecular formula is C23H26N4O2. The molecule has 0 saturated carbocycles. The molecule has 0 aliphatic heterocycles. The number of aromatic nitrogens is 2. The number of carboxylic acids is 1. The third-order valence-corrected chi connectivity index (χ3v) is 4.67. The van der Waals surface area contributed by atoms with Crippen LogP contribution in [-0.2, 0) is 0 Å². The first-order chi connectivity index (χ1) is 13.8. The minimum atomic E-state index is -0.949. The Kier molecular flexibility index (Phi) is 6.12. The topological polar surface area (TPSA) is 87.1 Å². The van der Waals surface area contributed by atoms with E-state index in [0.717, 1.165) is 11.4 Å². The Bertz CT molecular complexity index is 972. The molecule has 0 aliphatic rings. The molecule has 0 saturated heterocycles. The van der Waals surface area contributed by atoms with Crippen molar-refractivity contribution in [3.63, 3.8) is 0 Å². The number of para-hydroxylation sites is 1. The Morgan fingerprint density at radius 3 is 2.07 bits per heavy atom. The summed E-state index contributed by atoms with van der Waals surface area (Å²) in [5.74, 6) is 0.913. The smallest absolute Gasteiger partial charge is 0.335 e. The lowest BCUT2D eigenvalue weighted by atomic mass is 9.93. The van der Waals surface area contributed by atoms with Gasteiger partial charge in [-0.3, -0.25) is 0 Å². The molecule has 6 nitrogen and oxygen atoms in total. The van der Waals surface area contributed by atoms with Gasteiger partial charge in [-0.25, -0.2) is 9.78 Å². The zero-order valence-electron chi connectivity index (χ0n) is 17.1. The summed E-state index contributed by atoms with van der Waals surface area (Å²) < 4.78 is 0. The lowest BCUT2D eigenvalue weighted by Crippen LogP contribution is -2.06. The number of anilines is 4. The molecule has 3 rings (SSSR count). The highest BCUT2D eigenvalue weighted by atomic mass is 16.4. The van der Waals surface area contributed by atoms with Crippen molar-refractivity contribution in [2.75, 3.05) is 10.6 Å². The average Bonchev–Trinajstić information content (AvgIpc) is 2.68. The monoisotopic (exact) mass is 390 g/mol. The first-order valence-electron chi connectivity index (χ1n) is 9.68. The third kappa shape index (κ3) is 4.90. The van der Waals surface area contributed by atoms with Crippen LogP contribution in [0, 0.1) is 0 Å². The fourth-order valence-electron chi connectivity index (χ4n) is 3.14. The molecule has 0 spiro atoms. The number of carboxylic acid groups (broad SMARTS) is 1. The van der Waals surface area contributed by atoms with Crippen LogP contribution in [0.3, 0.4) is 0 Å². The van der Waals surface area contributed by atoms with E-state index in [1.165, 1.54) is 11.1 Å². The van der Waals surface area contributed by atoms with Gasteiger partial charge in [-0.15, -0.1) is 0 Å². The highest BCUT2D eigenvalue weighted by Gasteiger charge is 2.15. The van der Waals surface area contributed by atoms with Crippen molar-refractivity contribution in [3.8, 4) is 0 Å². The number of nitrogens with zero attached hydrogens (tertiary/aromatic N) is 2. The van der Waals surface area contributed by atoms with Gasteiger partial charge in [0.25, 0.3) is 0 Å². The highest BCUT2D eigenvalue weighted by molar-refractivity contribution is 5.88. The minimum absolute atomic E-state index is 0.243. The molecule has 3 aromatic rings. The number of nitrogens with one attached hydrogen (secondary N) is 2. The second kappa shape index (κ2) is 8.73. The van der Waals surface area contributed by atoms with Gasteiger partial charge in [0.1, 0.15) is 5.82 Å². The fourth-order valence-corrected chi connectivity index (χ4v) is 3.14. The Balaban J connectivity index is 1.86. The molecule has 0 radical (unpaired) electrons. The summed E-state index contributed by atoms with van der Waals surface area (Å²) in [5.41, 5.74) is 4.50. The van der Waals surface area contributed by atoms with Gasteiger partial charge in [0.05, 0.1) is 5.56 Å². The first kappa shape index (κ1) is 20.3. The number of benzene rings is 2. The van der Waals surface area contributed by atoms with Crippen molar-refractivity contribution < 1.29 is 9.90 Å². The molecule has 0 aliphatic carbocycles. The second-order valence-corrected chi connectivity index (χ2v) is 7.52. The quantitative estimate of drug-likeness (QED) is 0.465. The Labute approximate surface area is 171 Å². The molecule has 1 aromatic heterocycles. The van der Waals surface area contributed by atoms with Crippen LogP contribution in [0.15, 0.2) is 54.7 Å². The van der Waals surface area contributed by atoms with Crippen molar-refractivity contribution in [1.29, 1.82) is 0 Å². The molecule has 6 heteroatoms. The Morgan fingerprint density at radius 2 is 1.52 bits per heavy atom. The molecule has 0 atom stereocenters.